The minimum atomic E-state index is 0.00744. The van der Waals surface area contributed by atoms with Gasteiger partial charge in [-0.05, 0) is 68.7 Å². The summed E-state index contributed by atoms with van der Waals surface area (Å²) in [5, 5.41) is 3.25. The Balaban J connectivity index is 1.43. The average Bonchev–Trinajstić information content (AvgIpc) is 2.64. The highest BCUT2D eigenvalue weighted by Gasteiger charge is 2.17. The minimum absolute atomic E-state index is 0.00744. The maximum Gasteiger partial charge on any atom is 0.255 e. The van der Waals surface area contributed by atoms with Gasteiger partial charge in [0.25, 0.3) is 5.56 Å². The highest BCUT2D eigenvalue weighted by molar-refractivity contribution is 5.54. The van der Waals surface area contributed by atoms with Crippen LogP contribution in [0.5, 0.6) is 0 Å². The van der Waals surface area contributed by atoms with Crippen LogP contribution in [0.15, 0.2) is 29.1 Å². The largest absolute Gasteiger partial charge is 0.326 e. The standard InChI is InChI=1S/C21H28N4O/c1-15-5-4-12-25(13-15)14-16-8-10-17(11-9-16)22-21-23-19-7-3-2-6-18(19)20(26)24-21/h8-11,15H,2-7,12-14H2,1H3,(H2,22,23,24,26). The van der Waals surface area contributed by atoms with Gasteiger partial charge in [-0.1, -0.05) is 19.1 Å². The Morgan fingerprint density at radius 2 is 2.00 bits per heavy atom. The van der Waals surface area contributed by atoms with Crippen LogP contribution in [0.25, 0.3) is 0 Å². The summed E-state index contributed by atoms with van der Waals surface area (Å²) in [6, 6.07) is 8.47. The molecule has 1 atom stereocenters. The molecule has 1 aromatic heterocycles. The molecule has 2 N–H and O–H groups in total. The second-order valence-corrected chi connectivity index (χ2v) is 7.85. The van der Waals surface area contributed by atoms with E-state index in [1.807, 2.05) is 0 Å². The quantitative estimate of drug-likeness (QED) is 0.882. The number of aromatic nitrogens is 2. The van der Waals surface area contributed by atoms with Gasteiger partial charge in [-0.15, -0.1) is 0 Å². The molecule has 2 aromatic rings. The van der Waals surface area contributed by atoms with Gasteiger partial charge in [0.05, 0.1) is 5.69 Å². The topological polar surface area (TPSA) is 61.0 Å². The highest BCUT2D eigenvalue weighted by atomic mass is 16.1. The van der Waals surface area contributed by atoms with Gasteiger partial charge in [-0.25, -0.2) is 4.98 Å². The Labute approximate surface area is 154 Å². The molecular weight excluding hydrogens is 324 g/mol. The molecule has 0 bridgehead atoms. The van der Waals surface area contributed by atoms with E-state index in [9.17, 15) is 4.79 Å². The molecule has 0 saturated carbocycles. The Bertz CT molecular complexity index is 812. The molecule has 1 aliphatic carbocycles. The van der Waals surface area contributed by atoms with E-state index in [4.69, 9.17) is 0 Å². The summed E-state index contributed by atoms with van der Waals surface area (Å²) in [7, 11) is 0. The Morgan fingerprint density at radius 3 is 2.81 bits per heavy atom. The van der Waals surface area contributed by atoms with E-state index in [1.165, 1.54) is 31.5 Å². The number of aryl methyl sites for hydroxylation is 1. The Morgan fingerprint density at radius 1 is 1.19 bits per heavy atom. The summed E-state index contributed by atoms with van der Waals surface area (Å²) in [6.45, 7) is 5.75. The predicted molar refractivity (Wildman–Crippen MR) is 105 cm³/mol. The summed E-state index contributed by atoms with van der Waals surface area (Å²) in [5.74, 6) is 1.35. The number of benzene rings is 1. The van der Waals surface area contributed by atoms with Gasteiger partial charge < -0.3 is 5.32 Å². The maximum atomic E-state index is 12.2. The van der Waals surface area contributed by atoms with Gasteiger partial charge in [0.15, 0.2) is 0 Å². The van der Waals surface area contributed by atoms with E-state index in [-0.39, 0.29) is 5.56 Å². The number of piperidine rings is 1. The Kier molecular flexibility index (Phi) is 5.07. The summed E-state index contributed by atoms with van der Waals surface area (Å²) in [6.07, 6.45) is 6.61. The van der Waals surface area contributed by atoms with Crippen LogP contribution < -0.4 is 10.9 Å². The van der Waals surface area contributed by atoms with Gasteiger partial charge >= 0.3 is 0 Å². The molecule has 0 radical (unpaired) electrons. The first-order chi connectivity index (χ1) is 12.7. The summed E-state index contributed by atoms with van der Waals surface area (Å²) in [5.41, 5.74) is 4.12. The number of nitrogens with one attached hydrogen (secondary N) is 2. The number of fused-ring (bicyclic) bond motifs is 1. The fraction of sp³-hybridized carbons (Fsp3) is 0.524. The number of rotatable bonds is 4. The molecule has 1 unspecified atom stereocenters. The third-order valence-electron chi connectivity index (χ3n) is 5.56. The van der Waals surface area contributed by atoms with Crippen LogP contribution in [0.2, 0.25) is 0 Å². The summed E-state index contributed by atoms with van der Waals surface area (Å²) >= 11 is 0. The zero-order chi connectivity index (χ0) is 17.9. The number of hydrogen-bond acceptors (Lipinski definition) is 4. The van der Waals surface area contributed by atoms with E-state index < -0.39 is 0 Å². The lowest BCUT2D eigenvalue weighted by atomic mass is 9.97. The van der Waals surface area contributed by atoms with Crippen LogP contribution in [0.1, 0.15) is 49.4 Å². The second kappa shape index (κ2) is 7.62. The van der Waals surface area contributed by atoms with Crippen molar-refractivity contribution < 1.29 is 0 Å². The maximum absolute atomic E-state index is 12.2. The van der Waals surface area contributed by atoms with Crippen molar-refractivity contribution in [3.05, 3.63) is 51.4 Å². The fourth-order valence-corrected chi connectivity index (χ4v) is 4.18. The number of nitrogens with zero attached hydrogens (tertiary/aromatic N) is 2. The molecule has 26 heavy (non-hydrogen) atoms. The van der Waals surface area contributed by atoms with Crippen molar-refractivity contribution in [1.29, 1.82) is 0 Å². The number of H-pyrrole nitrogens is 1. The average molecular weight is 352 g/mol. The smallest absolute Gasteiger partial charge is 0.255 e. The first-order valence-electron chi connectivity index (χ1n) is 9.88. The summed E-state index contributed by atoms with van der Waals surface area (Å²) in [4.78, 5) is 22.3. The molecule has 2 heterocycles. The molecule has 1 fully saturated rings. The summed E-state index contributed by atoms with van der Waals surface area (Å²) < 4.78 is 0. The second-order valence-electron chi connectivity index (χ2n) is 7.85. The molecule has 5 nitrogen and oxygen atoms in total. The van der Waals surface area contributed by atoms with Crippen LogP contribution in [0, 0.1) is 5.92 Å². The molecular formula is C21H28N4O. The molecule has 0 spiro atoms. The number of anilines is 2. The third kappa shape index (κ3) is 3.98. The molecule has 1 saturated heterocycles. The molecule has 0 amide bonds. The molecule has 1 aromatic carbocycles. The normalized spacial score (nSPS) is 20.6. The SMILES string of the molecule is CC1CCCN(Cc2ccc(Nc3nc4c(c(=O)[nH]3)CCCC4)cc2)C1. The van der Waals surface area contributed by atoms with E-state index in [0.29, 0.717) is 5.95 Å². The molecule has 5 heteroatoms. The monoisotopic (exact) mass is 352 g/mol. The van der Waals surface area contributed by atoms with Crippen molar-refractivity contribution in [3.8, 4) is 0 Å². The van der Waals surface area contributed by atoms with Crippen molar-refractivity contribution >= 4 is 11.6 Å². The van der Waals surface area contributed by atoms with Crippen LogP contribution in [0.3, 0.4) is 0 Å². The molecule has 1 aliphatic heterocycles. The van der Waals surface area contributed by atoms with Crippen LogP contribution >= 0.6 is 0 Å². The number of likely N-dealkylation sites (tertiary alicyclic amines) is 1. The molecule has 138 valence electrons. The first-order valence-corrected chi connectivity index (χ1v) is 9.88. The van der Waals surface area contributed by atoms with E-state index in [2.05, 4.69) is 51.4 Å². The zero-order valence-electron chi connectivity index (χ0n) is 15.6. The van der Waals surface area contributed by atoms with Gasteiger partial charge in [0.1, 0.15) is 0 Å². The lowest BCUT2D eigenvalue weighted by Crippen LogP contribution is -2.33. The van der Waals surface area contributed by atoms with E-state index >= 15 is 0 Å². The van der Waals surface area contributed by atoms with Gasteiger partial charge in [-0.3, -0.25) is 14.7 Å². The molecule has 4 rings (SSSR count). The fourth-order valence-electron chi connectivity index (χ4n) is 4.18. The van der Waals surface area contributed by atoms with Crippen molar-refractivity contribution in [2.24, 2.45) is 5.92 Å². The predicted octanol–water partition coefficient (Wildman–Crippen LogP) is 3.62. The van der Waals surface area contributed by atoms with E-state index in [0.717, 1.165) is 55.1 Å². The van der Waals surface area contributed by atoms with Crippen molar-refractivity contribution in [3.63, 3.8) is 0 Å². The first kappa shape index (κ1) is 17.3. The van der Waals surface area contributed by atoms with Crippen molar-refractivity contribution in [2.45, 2.75) is 52.0 Å². The van der Waals surface area contributed by atoms with Crippen LogP contribution in [-0.2, 0) is 19.4 Å². The molecule has 2 aliphatic rings. The van der Waals surface area contributed by atoms with Gasteiger partial charge in [0.2, 0.25) is 5.95 Å². The minimum Gasteiger partial charge on any atom is -0.326 e. The van der Waals surface area contributed by atoms with Crippen molar-refractivity contribution in [1.82, 2.24) is 14.9 Å². The lowest BCUT2D eigenvalue weighted by molar-refractivity contribution is 0.176. The van der Waals surface area contributed by atoms with Gasteiger partial charge in [-0.2, -0.15) is 0 Å². The van der Waals surface area contributed by atoms with Crippen molar-refractivity contribution in [2.75, 3.05) is 18.4 Å². The Hall–Kier alpha value is -2.14. The van der Waals surface area contributed by atoms with Gasteiger partial charge in [0, 0.05) is 24.3 Å². The number of hydrogen-bond donors (Lipinski definition) is 2. The lowest BCUT2D eigenvalue weighted by Gasteiger charge is -2.30. The third-order valence-corrected chi connectivity index (χ3v) is 5.56. The zero-order valence-corrected chi connectivity index (χ0v) is 15.6. The highest BCUT2D eigenvalue weighted by Crippen LogP contribution is 2.21. The number of aromatic amines is 1. The van der Waals surface area contributed by atoms with Crippen LogP contribution in [0.4, 0.5) is 11.6 Å². The van der Waals surface area contributed by atoms with Crippen LogP contribution in [-0.4, -0.2) is 28.0 Å². The van der Waals surface area contributed by atoms with E-state index in [1.54, 1.807) is 0 Å².